The van der Waals surface area contributed by atoms with E-state index >= 15 is 0 Å². The van der Waals surface area contributed by atoms with Gasteiger partial charge in [-0.2, -0.15) is 0 Å². The van der Waals surface area contributed by atoms with E-state index in [1.807, 2.05) is 4.90 Å². The Morgan fingerprint density at radius 1 is 1.67 bits per heavy atom. The molecule has 0 bridgehead atoms. The van der Waals surface area contributed by atoms with E-state index < -0.39 is 0 Å². The summed E-state index contributed by atoms with van der Waals surface area (Å²) in [7, 11) is 0. The lowest BCUT2D eigenvalue weighted by Crippen LogP contribution is -2.39. The average molecular weight is 212 g/mol. The van der Waals surface area contributed by atoms with Crippen LogP contribution in [0.25, 0.3) is 0 Å². The Labute approximate surface area is 90.8 Å². The largest absolute Gasteiger partial charge is 0.368 e. The van der Waals surface area contributed by atoms with E-state index in [4.69, 9.17) is 10.5 Å². The standard InChI is InChI=1S/C11H20N2O2/c1-11(7-12)4-5-13(8-11)10(14)9-3-2-6-15-9/h9H,2-8,12H2,1H3. The van der Waals surface area contributed by atoms with Crippen LogP contribution in [0.1, 0.15) is 26.2 Å². The molecule has 2 fully saturated rings. The minimum Gasteiger partial charge on any atom is -0.368 e. The summed E-state index contributed by atoms with van der Waals surface area (Å²) in [5.74, 6) is 0.171. The maximum Gasteiger partial charge on any atom is 0.251 e. The molecule has 15 heavy (non-hydrogen) atoms. The van der Waals surface area contributed by atoms with E-state index in [9.17, 15) is 4.79 Å². The van der Waals surface area contributed by atoms with Crippen molar-refractivity contribution in [2.75, 3.05) is 26.2 Å². The highest BCUT2D eigenvalue weighted by Gasteiger charge is 2.38. The van der Waals surface area contributed by atoms with Crippen molar-refractivity contribution >= 4 is 5.91 Å². The van der Waals surface area contributed by atoms with Gasteiger partial charge in [-0.05, 0) is 31.2 Å². The van der Waals surface area contributed by atoms with Gasteiger partial charge in [0.05, 0.1) is 0 Å². The van der Waals surface area contributed by atoms with Gasteiger partial charge in [0, 0.05) is 19.7 Å². The summed E-state index contributed by atoms with van der Waals surface area (Å²) < 4.78 is 5.41. The lowest BCUT2D eigenvalue weighted by atomic mass is 9.90. The Bertz CT molecular complexity index is 251. The number of hydrogen-bond acceptors (Lipinski definition) is 3. The third-order valence-corrected chi connectivity index (χ3v) is 3.57. The van der Waals surface area contributed by atoms with Crippen molar-refractivity contribution in [3.05, 3.63) is 0 Å². The molecule has 2 atom stereocenters. The number of likely N-dealkylation sites (tertiary alicyclic amines) is 1. The number of rotatable bonds is 2. The van der Waals surface area contributed by atoms with Gasteiger partial charge in [0.25, 0.3) is 5.91 Å². The molecule has 2 N–H and O–H groups in total. The van der Waals surface area contributed by atoms with Gasteiger partial charge >= 0.3 is 0 Å². The van der Waals surface area contributed by atoms with Crippen molar-refractivity contribution in [3.63, 3.8) is 0 Å². The van der Waals surface area contributed by atoms with Gasteiger partial charge in [-0.3, -0.25) is 4.79 Å². The summed E-state index contributed by atoms with van der Waals surface area (Å²) in [6.07, 6.45) is 2.74. The molecule has 0 aliphatic carbocycles. The first-order valence-electron chi connectivity index (χ1n) is 5.75. The Hall–Kier alpha value is -0.610. The number of carbonyl (C=O) groups excluding carboxylic acids is 1. The van der Waals surface area contributed by atoms with Crippen LogP contribution in [-0.2, 0) is 9.53 Å². The average Bonchev–Trinajstić information content (AvgIpc) is 2.86. The highest BCUT2D eigenvalue weighted by atomic mass is 16.5. The number of carbonyl (C=O) groups is 1. The fourth-order valence-corrected chi connectivity index (χ4v) is 2.35. The molecule has 2 heterocycles. The van der Waals surface area contributed by atoms with Crippen LogP contribution in [0.4, 0.5) is 0 Å². The monoisotopic (exact) mass is 212 g/mol. The van der Waals surface area contributed by atoms with Gasteiger partial charge in [0.15, 0.2) is 0 Å². The lowest BCUT2D eigenvalue weighted by molar-refractivity contribution is -0.140. The van der Waals surface area contributed by atoms with E-state index in [2.05, 4.69) is 6.92 Å². The molecular formula is C11H20N2O2. The summed E-state index contributed by atoms with van der Waals surface area (Å²) >= 11 is 0. The summed E-state index contributed by atoms with van der Waals surface area (Å²) in [6.45, 7) is 5.17. The zero-order valence-corrected chi connectivity index (χ0v) is 9.37. The number of nitrogens with two attached hydrogens (primary N) is 1. The van der Waals surface area contributed by atoms with E-state index in [-0.39, 0.29) is 17.4 Å². The highest BCUT2D eigenvalue weighted by molar-refractivity contribution is 5.81. The van der Waals surface area contributed by atoms with Gasteiger partial charge in [-0.25, -0.2) is 0 Å². The van der Waals surface area contributed by atoms with Gasteiger partial charge in [0.1, 0.15) is 6.10 Å². The van der Waals surface area contributed by atoms with Crippen molar-refractivity contribution in [2.24, 2.45) is 11.1 Å². The molecule has 2 aliphatic rings. The molecule has 86 valence electrons. The smallest absolute Gasteiger partial charge is 0.251 e. The molecule has 0 saturated carbocycles. The molecular weight excluding hydrogens is 192 g/mol. The molecule has 0 radical (unpaired) electrons. The molecule has 2 unspecified atom stereocenters. The predicted octanol–water partition coefficient (Wildman–Crippen LogP) is 0.363. The van der Waals surface area contributed by atoms with Gasteiger partial charge < -0.3 is 15.4 Å². The normalized spacial score (nSPS) is 36.1. The van der Waals surface area contributed by atoms with Crippen LogP contribution in [0.5, 0.6) is 0 Å². The number of hydrogen-bond donors (Lipinski definition) is 1. The Kier molecular flexibility index (Phi) is 2.98. The van der Waals surface area contributed by atoms with E-state index in [0.717, 1.165) is 39.0 Å². The third kappa shape index (κ3) is 2.16. The van der Waals surface area contributed by atoms with E-state index in [1.165, 1.54) is 0 Å². The molecule has 0 aromatic heterocycles. The lowest BCUT2D eigenvalue weighted by Gasteiger charge is -2.24. The van der Waals surface area contributed by atoms with Crippen LogP contribution in [0, 0.1) is 5.41 Å². The predicted molar refractivity (Wildman–Crippen MR) is 57.3 cm³/mol. The molecule has 4 heteroatoms. The molecule has 1 amide bonds. The molecule has 4 nitrogen and oxygen atoms in total. The van der Waals surface area contributed by atoms with E-state index in [1.54, 1.807) is 0 Å². The van der Waals surface area contributed by atoms with Gasteiger partial charge in [-0.1, -0.05) is 6.92 Å². The van der Waals surface area contributed by atoms with Gasteiger partial charge in [0.2, 0.25) is 0 Å². The quantitative estimate of drug-likeness (QED) is 0.719. The number of ether oxygens (including phenoxy) is 1. The second kappa shape index (κ2) is 4.10. The zero-order valence-electron chi connectivity index (χ0n) is 9.37. The van der Waals surface area contributed by atoms with Crippen LogP contribution < -0.4 is 5.73 Å². The molecule has 2 aliphatic heterocycles. The Balaban J connectivity index is 1.92. The summed E-state index contributed by atoms with van der Waals surface area (Å²) in [5.41, 5.74) is 5.83. The Morgan fingerprint density at radius 2 is 2.47 bits per heavy atom. The molecule has 0 aromatic rings. The topological polar surface area (TPSA) is 55.6 Å². The second-order valence-corrected chi connectivity index (χ2v) is 5.03. The fourth-order valence-electron chi connectivity index (χ4n) is 2.35. The molecule has 0 spiro atoms. The minimum atomic E-state index is -0.176. The summed E-state index contributed by atoms with van der Waals surface area (Å²) in [4.78, 5) is 13.9. The van der Waals surface area contributed by atoms with Crippen LogP contribution in [-0.4, -0.2) is 43.2 Å². The fraction of sp³-hybridized carbons (Fsp3) is 0.909. The zero-order chi connectivity index (χ0) is 10.9. The van der Waals surface area contributed by atoms with Crippen molar-refractivity contribution in [1.82, 2.24) is 4.90 Å². The van der Waals surface area contributed by atoms with Crippen molar-refractivity contribution in [1.29, 1.82) is 0 Å². The SMILES string of the molecule is CC1(CN)CCN(C(=O)C2CCCO2)C1. The maximum atomic E-state index is 12.0. The number of amides is 1. The third-order valence-electron chi connectivity index (χ3n) is 3.57. The Morgan fingerprint density at radius 3 is 3.00 bits per heavy atom. The van der Waals surface area contributed by atoms with Crippen LogP contribution >= 0.6 is 0 Å². The summed E-state index contributed by atoms with van der Waals surface area (Å²) in [5, 5.41) is 0. The van der Waals surface area contributed by atoms with Crippen LogP contribution in [0.15, 0.2) is 0 Å². The van der Waals surface area contributed by atoms with E-state index in [0.29, 0.717) is 6.54 Å². The maximum absolute atomic E-state index is 12.0. The number of nitrogens with zero attached hydrogens (tertiary/aromatic N) is 1. The molecule has 2 rings (SSSR count). The minimum absolute atomic E-state index is 0.119. The highest BCUT2D eigenvalue weighted by Crippen LogP contribution is 2.29. The van der Waals surface area contributed by atoms with Gasteiger partial charge in [-0.15, -0.1) is 0 Å². The van der Waals surface area contributed by atoms with Crippen molar-refractivity contribution in [3.8, 4) is 0 Å². The molecule has 2 saturated heterocycles. The first kappa shape index (κ1) is 10.9. The van der Waals surface area contributed by atoms with Crippen molar-refractivity contribution < 1.29 is 9.53 Å². The van der Waals surface area contributed by atoms with Crippen molar-refractivity contribution in [2.45, 2.75) is 32.3 Å². The first-order valence-corrected chi connectivity index (χ1v) is 5.75. The first-order chi connectivity index (χ1) is 7.14. The second-order valence-electron chi connectivity index (χ2n) is 5.03. The van der Waals surface area contributed by atoms with Crippen LogP contribution in [0.3, 0.4) is 0 Å². The van der Waals surface area contributed by atoms with Crippen LogP contribution in [0.2, 0.25) is 0 Å². The summed E-state index contributed by atoms with van der Waals surface area (Å²) in [6, 6.07) is 0. The molecule has 0 aromatic carbocycles.